The minimum absolute atomic E-state index is 0.0141. The van der Waals surface area contributed by atoms with Gasteiger partial charge < -0.3 is 10.3 Å². The first-order valence-corrected chi connectivity index (χ1v) is 8.61. The van der Waals surface area contributed by atoms with Gasteiger partial charge in [0.05, 0.1) is 0 Å². The molecule has 25 heavy (non-hydrogen) atoms. The highest BCUT2D eigenvalue weighted by Gasteiger charge is 2.13. The average molecular weight is 415 g/mol. The molecule has 6 heteroatoms. The van der Waals surface area contributed by atoms with Gasteiger partial charge in [0.1, 0.15) is 11.6 Å². The monoisotopic (exact) mass is 413 g/mol. The normalized spacial score (nSPS) is 11.4. The number of carbonyl (C=O) groups excluding carboxylic acids is 1. The molecule has 0 spiro atoms. The number of nitriles is 1. The fourth-order valence-corrected chi connectivity index (χ4v) is 3.01. The zero-order valence-electron chi connectivity index (χ0n) is 13.2. The first-order chi connectivity index (χ1) is 12.0. The molecule has 0 aliphatic rings. The van der Waals surface area contributed by atoms with Crippen LogP contribution < -0.4 is 5.32 Å². The van der Waals surface area contributed by atoms with E-state index in [1.54, 1.807) is 30.5 Å². The van der Waals surface area contributed by atoms with Crippen LogP contribution >= 0.6 is 27.5 Å². The predicted octanol–water partition coefficient (Wildman–Crippen LogP) is 5.44. The molecule has 3 rings (SSSR count). The molecular formula is C19H13BrClN3O. The number of amides is 1. The van der Waals surface area contributed by atoms with Crippen LogP contribution in [-0.2, 0) is 4.79 Å². The van der Waals surface area contributed by atoms with Gasteiger partial charge in [-0.25, -0.2) is 0 Å². The molecule has 4 nitrogen and oxygen atoms in total. The molecule has 2 aromatic carbocycles. The van der Waals surface area contributed by atoms with E-state index in [1.165, 1.54) is 0 Å². The number of hydrogen-bond acceptors (Lipinski definition) is 2. The van der Waals surface area contributed by atoms with Gasteiger partial charge in [0.2, 0.25) is 0 Å². The van der Waals surface area contributed by atoms with Gasteiger partial charge in [-0.2, -0.15) is 5.26 Å². The number of anilines is 1. The molecule has 0 aliphatic heterocycles. The molecule has 2 N–H and O–H groups in total. The van der Waals surface area contributed by atoms with Gasteiger partial charge >= 0.3 is 0 Å². The molecule has 0 fully saturated rings. The van der Waals surface area contributed by atoms with Crippen molar-refractivity contribution in [1.29, 1.82) is 5.26 Å². The quantitative estimate of drug-likeness (QED) is 0.443. The lowest BCUT2D eigenvalue weighted by Gasteiger charge is -2.08. The summed E-state index contributed by atoms with van der Waals surface area (Å²) in [5, 5.41) is 13.6. The van der Waals surface area contributed by atoms with E-state index < -0.39 is 5.91 Å². The minimum Gasteiger partial charge on any atom is -0.361 e. The van der Waals surface area contributed by atoms with E-state index in [4.69, 9.17) is 11.6 Å². The zero-order valence-corrected chi connectivity index (χ0v) is 15.6. The molecule has 124 valence electrons. The molecule has 0 saturated heterocycles. The molecule has 0 radical (unpaired) electrons. The zero-order chi connectivity index (χ0) is 18.0. The molecule has 1 heterocycles. The lowest BCUT2D eigenvalue weighted by Crippen LogP contribution is -2.14. The Morgan fingerprint density at radius 1 is 1.36 bits per heavy atom. The number of halogens is 2. The summed E-state index contributed by atoms with van der Waals surface area (Å²) in [6.45, 7) is 1.81. The van der Waals surface area contributed by atoms with Crippen molar-refractivity contribution in [3.05, 3.63) is 68.8 Å². The van der Waals surface area contributed by atoms with Gasteiger partial charge in [-0.3, -0.25) is 4.79 Å². The largest absolute Gasteiger partial charge is 0.361 e. The summed E-state index contributed by atoms with van der Waals surface area (Å²) in [4.78, 5) is 15.6. The maximum atomic E-state index is 12.5. The molecule has 3 aromatic rings. The standard InChI is InChI=1S/C19H13BrClN3O/c1-11-16(21)3-2-4-17(11)24-19(25)12(9-22)7-13-10-23-18-6-5-14(20)8-15(13)18/h2-8,10,23H,1H3,(H,24,25)/b12-7+. The first-order valence-electron chi connectivity index (χ1n) is 7.44. The molecule has 1 aromatic heterocycles. The van der Waals surface area contributed by atoms with E-state index in [0.717, 1.165) is 26.5 Å². The van der Waals surface area contributed by atoms with Crippen molar-refractivity contribution in [2.24, 2.45) is 0 Å². The first kappa shape index (κ1) is 17.3. The number of rotatable bonds is 3. The summed E-state index contributed by atoms with van der Waals surface area (Å²) in [5.74, 6) is -0.475. The highest BCUT2D eigenvalue weighted by molar-refractivity contribution is 9.10. The van der Waals surface area contributed by atoms with Gasteiger partial charge in [0, 0.05) is 37.8 Å². The Morgan fingerprint density at radius 2 is 2.16 bits per heavy atom. The Balaban J connectivity index is 1.94. The third kappa shape index (κ3) is 3.60. The van der Waals surface area contributed by atoms with E-state index in [0.29, 0.717) is 10.7 Å². The van der Waals surface area contributed by atoms with E-state index in [1.807, 2.05) is 31.2 Å². The Kier molecular flexibility index (Phi) is 4.93. The van der Waals surface area contributed by atoms with Crippen molar-refractivity contribution >= 4 is 56.1 Å². The van der Waals surface area contributed by atoms with E-state index >= 15 is 0 Å². The summed E-state index contributed by atoms with van der Waals surface area (Å²) < 4.78 is 0.923. The summed E-state index contributed by atoms with van der Waals surface area (Å²) in [6.07, 6.45) is 3.34. The van der Waals surface area contributed by atoms with Crippen molar-refractivity contribution in [3.63, 3.8) is 0 Å². The number of nitrogens with one attached hydrogen (secondary N) is 2. The summed E-state index contributed by atoms with van der Waals surface area (Å²) in [7, 11) is 0. The van der Waals surface area contributed by atoms with E-state index in [2.05, 4.69) is 26.2 Å². The van der Waals surface area contributed by atoms with Crippen LogP contribution in [0.15, 0.2) is 52.6 Å². The van der Waals surface area contributed by atoms with Crippen LogP contribution in [0.1, 0.15) is 11.1 Å². The molecule has 0 saturated carbocycles. The van der Waals surface area contributed by atoms with Crippen molar-refractivity contribution in [3.8, 4) is 6.07 Å². The number of hydrogen-bond donors (Lipinski definition) is 2. The number of H-pyrrole nitrogens is 1. The van der Waals surface area contributed by atoms with Gasteiger partial charge in [-0.05, 0) is 48.9 Å². The number of aromatic amines is 1. The number of aromatic nitrogens is 1. The molecule has 0 unspecified atom stereocenters. The van der Waals surface area contributed by atoms with Crippen molar-refractivity contribution in [2.45, 2.75) is 6.92 Å². The lowest BCUT2D eigenvalue weighted by molar-refractivity contribution is -0.112. The van der Waals surface area contributed by atoms with Crippen molar-refractivity contribution in [1.82, 2.24) is 4.98 Å². The second-order valence-corrected chi connectivity index (χ2v) is 6.79. The Labute approximate surface area is 158 Å². The van der Waals surface area contributed by atoms with Crippen LogP contribution in [0.3, 0.4) is 0 Å². The Morgan fingerprint density at radius 3 is 2.92 bits per heavy atom. The molecule has 0 atom stereocenters. The van der Waals surface area contributed by atoms with Gasteiger partial charge in [0.25, 0.3) is 5.91 Å². The number of nitrogens with zero attached hydrogens (tertiary/aromatic N) is 1. The van der Waals surface area contributed by atoms with Crippen LogP contribution in [-0.4, -0.2) is 10.9 Å². The highest BCUT2D eigenvalue weighted by Crippen LogP contribution is 2.26. The van der Waals surface area contributed by atoms with Crippen LogP contribution in [0.2, 0.25) is 5.02 Å². The maximum Gasteiger partial charge on any atom is 0.266 e. The fraction of sp³-hybridized carbons (Fsp3) is 0.0526. The smallest absolute Gasteiger partial charge is 0.266 e. The van der Waals surface area contributed by atoms with Crippen LogP contribution in [0.5, 0.6) is 0 Å². The maximum absolute atomic E-state index is 12.5. The Bertz CT molecular complexity index is 1050. The fourth-order valence-electron chi connectivity index (χ4n) is 2.47. The summed E-state index contributed by atoms with van der Waals surface area (Å²) >= 11 is 9.50. The van der Waals surface area contributed by atoms with Crippen LogP contribution in [0.25, 0.3) is 17.0 Å². The summed E-state index contributed by atoms with van der Waals surface area (Å²) in [6, 6.07) is 13.0. The van der Waals surface area contributed by atoms with E-state index in [9.17, 15) is 10.1 Å². The predicted molar refractivity (Wildman–Crippen MR) is 104 cm³/mol. The van der Waals surface area contributed by atoms with Gasteiger partial charge in [-0.1, -0.05) is 33.6 Å². The van der Waals surface area contributed by atoms with Crippen molar-refractivity contribution in [2.75, 3.05) is 5.32 Å². The van der Waals surface area contributed by atoms with Crippen molar-refractivity contribution < 1.29 is 4.79 Å². The number of carbonyl (C=O) groups is 1. The topological polar surface area (TPSA) is 68.7 Å². The SMILES string of the molecule is Cc1c(Cl)cccc1NC(=O)/C(C#N)=C/c1c[nH]c2ccc(Br)cc12. The van der Waals surface area contributed by atoms with Gasteiger partial charge in [-0.15, -0.1) is 0 Å². The molecule has 0 bridgehead atoms. The minimum atomic E-state index is -0.475. The van der Waals surface area contributed by atoms with Crippen LogP contribution in [0.4, 0.5) is 5.69 Å². The average Bonchev–Trinajstić information content (AvgIpc) is 2.98. The molecule has 0 aliphatic carbocycles. The van der Waals surface area contributed by atoms with E-state index in [-0.39, 0.29) is 5.57 Å². The molecule has 1 amide bonds. The highest BCUT2D eigenvalue weighted by atomic mass is 79.9. The third-order valence-electron chi connectivity index (χ3n) is 3.86. The number of fused-ring (bicyclic) bond motifs is 1. The molecular weight excluding hydrogens is 402 g/mol. The number of benzene rings is 2. The third-order valence-corrected chi connectivity index (χ3v) is 4.76. The summed E-state index contributed by atoms with van der Waals surface area (Å²) in [5.41, 5.74) is 3.05. The van der Waals surface area contributed by atoms with Crippen LogP contribution in [0, 0.1) is 18.3 Å². The second kappa shape index (κ2) is 7.14. The van der Waals surface area contributed by atoms with Gasteiger partial charge in [0.15, 0.2) is 0 Å². The lowest BCUT2D eigenvalue weighted by atomic mass is 10.1. The second-order valence-electron chi connectivity index (χ2n) is 5.47. The Hall–Kier alpha value is -2.55.